The fourth-order valence-corrected chi connectivity index (χ4v) is 2.14. The molecule has 0 heterocycles. The molecule has 2 nitrogen and oxygen atoms in total. The predicted octanol–water partition coefficient (Wildman–Crippen LogP) is 3.35. The first-order chi connectivity index (χ1) is 7.24. The summed E-state index contributed by atoms with van der Waals surface area (Å²) < 4.78 is 5.35. The zero-order valence-electron chi connectivity index (χ0n) is 10.8. The second-order valence-corrected chi connectivity index (χ2v) is 4.70. The third-order valence-corrected chi connectivity index (χ3v) is 3.25. The lowest BCUT2D eigenvalue weighted by Gasteiger charge is -2.32. The Labute approximate surface area is 95.6 Å². The summed E-state index contributed by atoms with van der Waals surface area (Å²) in [4.78, 5) is 0. The number of methoxy groups -OCH3 is 1. The molecule has 0 radical (unpaired) electrons. The number of hydrogen-bond acceptors (Lipinski definition) is 2. The monoisotopic (exact) mass is 215 g/mol. The molecule has 1 unspecified atom stereocenters. The lowest BCUT2D eigenvalue weighted by molar-refractivity contribution is 0.0671. The molecule has 0 bridgehead atoms. The van der Waals surface area contributed by atoms with Crippen molar-refractivity contribution in [2.24, 2.45) is 11.1 Å². The third kappa shape index (κ3) is 6.16. The molecule has 1 atom stereocenters. The second-order valence-electron chi connectivity index (χ2n) is 4.70. The molecule has 0 saturated heterocycles. The molecule has 0 spiro atoms. The molecule has 0 aromatic rings. The molecule has 0 aliphatic heterocycles. The lowest BCUT2D eigenvalue weighted by Crippen LogP contribution is -2.35. The van der Waals surface area contributed by atoms with Crippen molar-refractivity contribution >= 4 is 0 Å². The van der Waals surface area contributed by atoms with E-state index < -0.39 is 0 Å². The molecule has 15 heavy (non-hydrogen) atoms. The van der Waals surface area contributed by atoms with Crippen molar-refractivity contribution in [3.63, 3.8) is 0 Å². The highest BCUT2D eigenvalue weighted by atomic mass is 16.5. The van der Waals surface area contributed by atoms with Crippen LogP contribution >= 0.6 is 0 Å². The minimum atomic E-state index is 0.250. The van der Waals surface area contributed by atoms with E-state index in [1.54, 1.807) is 7.11 Å². The van der Waals surface area contributed by atoms with Gasteiger partial charge in [0.1, 0.15) is 0 Å². The molecular formula is C13H29NO. The van der Waals surface area contributed by atoms with Crippen LogP contribution in [0.1, 0.15) is 58.8 Å². The van der Waals surface area contributed by atoms with Gasteiger partial charge in [-0.25, -0.2) is 0 Å². The maximum atomic E-state index is 5.94. The predicted molar refractivity (Wildman–Crippen MR) is 67.0 cm³/mol. The standard InChI is InChI=1S/C13H29NO/c1-4-6-8-10-13(11-14,12-15-3)9-7-5-2/h4-12,14H2,1-3H3. The quantitative estimate of drug-likeness (QED) is 0.567. The minimum Gasteiger partial charge on any atom is -0.384 e. The van der Waals surface area contributed by atoms with E-state index in [9.17, 15) is 0 Å². The van der Waals surface area contributed by atoms with Crippen molar-refractivity contribution in [2.75, 3.05) is 20.3 Å². The first-order valence-electron chi connectivity index (χ1n) is 6.43. The van der Waals surface area contributed by atoms with Crippen molar-refractivity contribution in [3.05, 3.63) is 0 Å². The summed E-state index contributed by atoms with van der Waals surface area (Å²) in [5, 5.41) is 0. The Morgan fingerprint density at radius 2 is 1.60 bits per heavy atom. The molecule has 0 aromatic heterocycles. The van der Waals surface area contributed by atoms with E-state index in [0.29, 0.717) is 0 Å². The molecule has 92 valence electrons. The smallest absolute Gasteiger partial charge is 0.0530 e. The fourth-order valence-electron chi connectivity index (χ4n) is 2.14. The molecule has 2 N–H and O–H groups in total. The highest BCUT2D eigenvalue weighted by molar-refractivity contribution is 4.80. The average molecular weight is 215 g/mol. The van der Waals surface area contributed by atoms with Crippen LogP contribution in [0.2, 0.25) is 0 Å². The fraction of sp³-hybridized carbons (Fsp3) is 1.00. The summed E-state index contributed by atoms with van der Waals surface area (Å²) in [6, 6.07) is 0. The number of ether oxygens (including phenoxy) is 1. The highest BCUT2D eigenvalue weighted by Gasteiger charge is 2.27. The Hall–Kier alpha value is -0.0800. The van der Waals surface area contributed by atoms with Gasteiger partial charge < -0.3 is 10.5 Å². The van der Waals surface area contributed by atoms with Crippen LogP contribution in [0, 0.1) is 5.41 Å². The largest absolute Gasteiger partial charge is 0.384 e. The van der Waals surface area contributed by atoms with E-state index in [1.807, 2.05) is 0 Å². The zero-order valence-corrected chi connectivity index (χ0v) is 10.8. The Morgan fingerprint density at radius 1 is 1.00 bits per heavy atom. The van der Waals surface area contributed by atoms with Gasteiger partial charge in [0.2, 0.25) is 0 Å². The van der Waals surface area contributed by atoms with Gasteiger partial charge in [0.15, 0.2) is 0 Å². The normalized spacial score (nSPS) is 15.2. The van der Waals surface area contributed by atoms with Gasteiger partial charge in [0.05, 0.1) is 6.61 Å². The molecule has 0 amide bonds. The van der Waals surface area contributed by atoms with Gasteiger partial charge in [-0.3, -0.25) is 0 Å². The van der Waals surface area contributed by atoms with Crippen molar-refractivity contribution in [1.82, 2.24) is 0 Å². The van der Waals surface area contributed by atoms with Crippen LogP contribution in [0.5, 0.6) is 0 Å². The maximum absolute atomic E-state index is 5.94. The second kappa shape index (κ2) is 9.17. The number of hydrogen-bond donors (Lipinski definition) is 1. The number of nitrogens with two attached hydrogens (primary N) is 1. The van der Waals surface area contributed by atoms with Gasteiger partial charge >= 0.3 is 0 Å². The summed E-state index contributed by atoms with van der Waals surface area (Å²) in [6.07, 6.45) is 8.86. The molecule has 0 fully saturated rings. The van der Waals surface area contributed by atoms with Crippen LogP contribution in [0.25, 0.3) is 0 Å². The van der Waals surface area contributed by atoms with Gasteiger partial charge in [0, 0.05) is 19.1 Å². The molecule has 0 aromatic carbocycles. The van der Waals surface area contributed by atoms with E-state index >= 15 is 0 Å². The molecule has 0 saturated carbocycles. The molecule has 0 aliphatic rings. The van der Waals surface area contributed by atoms with Crippen molar-refractivity contribution in [3.8, 4) is 0 Å². The molecule has 0 aliphatic carbocycles. The van der Waals surface area contributed by atoms with E-state index in [0.717, 1.165) is 13.2 Å². The third-order valence-electron chi connectivity index (χ3n) is 3.25. The van der Waals surface area contributed by atoms with Crippen molar-refractivity contribution in [1.29, 1.82) is 0 Å². The van der Waals surface area contributed by atoms with Crippen molar-refractivity contribution < 1.29 is 4.74 Å². The molecule has 2 heteroatoms. The molecular weight excluding hydrogens is 186 g/mol. The van der Waals surface area contributed by atoms with Gasteiger partial charge in [-0.05, 0) is 12.8 Å². The Morgan fingerprint density at radius 3 is 2.07 bits per heavy atom. The van der Waals surface area contributed by atoms with E-state index in [4.69, 9.17) is 10.5 Å². The Kier molecular flexibility index (Phi) is 9.12. The summed E-state index contributed by atoms with van der Waals surface area (Å²) in [7, 11) is 1.79. The van der Waals surface area contributed by atoms with Crippen LogP contribution in [0.15, 0.2) is 0 Å². The minimum absolute atomic E-state index is 0.250. The van der Waals surface area contributed by atoms with Crippen molar-refractivity contribution in [2.45, 2.75) is 58.8 Å². The summed E-state index contributed by atoms with van der Waals surface area (Å²) in [5.74, 6) is 0. The maximum Gasteiger partial charge on any atom is 0.0530 e. The van der Waals surface area contributed by atoms with Crippen LogP contribution in [-0.2, 0) is 4.74 Å². The molecule has 0 rings (SSSR count). The van der Waals surface area contributed by atoms with Crippen LogP contribution < -0.4 is 5.73 Å². The van der Waals surface area contributed by atoms with Gasteiger partial charge in [-0.2, -0.15) is 0 Å². The Bertz CT molecular complexity index is 138. The Balaban J connectivity index is 4.09. The summed E-state index contributed by atoms with van der Waals surface area (Å²) in [6.45, 7) is 6.07. The topological polar surface area (TPSA) is 35.2 Å². The SMILES string of the molecule is CCCCCC(CN)(CCCC)COC. The average Bonchev–Trinajstić information content (AvgIpc) is 2.26. The first-order valence-corrected chi connectivity index (χ1v) is 6.43. The first kappa shape index (κ1) is 14.9. The highest BCUT2D eigenvalue weighted by Crippen LogP contribution is 2.30. The van der Waals surface area contributed by atoms with Crippen LogP contribution in [-0.4, -0.2) is 20.3 Å². The van der Waals surface area contributed by atoms with E-state index in [-0.39, 0.29) is 5.41 Å². The number of rotatable bonds is 10. The van der Waals surface area contributed by atoms with Crippen LogP contribution in [0.3, 0.4) is 0 Å². The summed E-state index contributed by atoms with van der Waals surface area (Å²) >= 11 is 0. The van der Waals surface area contributed by atoms with Crippen LogP contribution in [0.4, 0.5) is 0 Å². The zero-order chi connectivity index (χ0) is 11.6. The van der Waals surface area contributed by atoms with Gasteiger partial charge in [-0.15, -0.1) is 0 Å². The van der Waals surface area contributed by atoms with E-state index in [2.05, 4.69) is 13.8 Å². The number of unbranched alkanes of at least 4 members (excludes halogenated alkanes) is 3. The van der Waals surface area contributed by atoms with Gasteiger partial charge in [-0.1, -0.05) is 46.0 Å². The summed E-state index contributed by atoms with van der Waals surface area (Å²) in [5.41, 5.74) is 6.19. The lowest BCUT2D eigenvalue weighted by atomic mass is 9.79. The van der Waals surface area contributed by atoms with Gasteiger partial charge in [0.25, 0.3) is 0 Å². The van der Waals surface area contributed by atoms with E-state index in [1.165, 1.54) is 44.9 Å².